The lowest BCUT2D eigenvalue weighted by Gasteiger charge is -2.09. The number of aromatic nitrogens is 2. The van der Waals surface area contributed by atoms with Crippen LogP contribution in [0.25, 0.3) is 11.4 Å². The Labute approximate surface area is 99.4 Å². The first-order valence-corrected chi connectivity index (χ1v) is 4.84. The summed E-state index contributed by atoms with van der Waals surface area (Å²) in [5, 5.41) is 0. The summed E-state index contributed by atoms with van der Waals surface area (Å²) in [6, 6.07) is 5.32. The van der Waals surface area contributed by atoms with Gasteiger partial charge in [0, 0.05) is 5.56 Å². The van der Waals surface area contributed by atoms with Crippen molar-refractivity contribution in [2.75, 3.05) is 0 Å². The van der Waals surface area contributed by atoms with E-state index in [0.29, 0.717) is 17.7 Å². The van der Waals surface area contributed by atoms with Crippen LogP contribution < -0.4 is 4.74 Å². The van der Waals surface area contributed by atoms with Crippen molar-refractivity contribution in [1.29, 1.82) is 0 Å². The van der Waals surface area contributed by atoms with Crippen molar-refractivity contribution in [3.05, 3.63) is 36.2 Å². The van der Waals surface area contributed by atoms with E-state index >= 15 is 0 Å². The van der Waals surface area contributed by atoms with Crippen LogP contribution in [0.4, 0.5) is 13.2 Å². The molecule has 0 amide bonds. The Kier molecular flexibility index (Phi) is 3.05. The summed E-state index contributed by atoms with van der Waals surface area (Å²) < 4.78 is 39.9. The third-order valence-electron chi connectivity index (χ3n) is 2.06. The molecular formula is C11H7F3N2O2. The number of carbonyl (C=O) groups excluding carboxylic acids is 1. The number of rotatable bonds is 3. The minimum absolute atomic E-state index is 0.243. The van der Waals surface area contributed by atoms with Gasteiger partial charge in [-0.25, -0.2) is 4.98 Å². The lowest BCUT2D eigenvalue weighted by molar-refractivity contribution is -0.274. The fourth-order valence-corrected chi connectivity index (χ4v) is 1.38. The van der Waals surface area contributed by atoms with E-state index in [-0.39, 0.29) is 11.4 Å². The average Bonchev–Trinajstić information content (AvgIpc) is 2.75. The van der Waals surface area contributed by atoms with E-state index in [1.54, 1.807) is 6.07 Å². The van der Waals surface area contributed by atoms with Gasteiger partial charge in [0.25, 0.3) is 0 Å². The van der Waals surface area contributed by atoms with E-state index in [9.17, 15) is 18.0 Å². The Morgan fingerprint density at radius 3 is 2.72 bits per heavy atom. The molecule has 1 heterocycles. The highest BCUT2D eigenvalue weighted by molar-refractivity contribution is 5.73. The zero-order valence-electron chi connectivity index (χ0n) is 8.86. The van der Waals surface area contributed by atoms with Gasteiger partial charge in [0.1, 0.15) is 11.6 Å². The van der Waals surface area contributed by atoms with Crippen molar-refractivity contribution in [2.45, 2.75) is 6.36 Å². The van der Waals surface area contributed by atoms with Gasteiger partial charge in [-0.2, -0.15) is 0 Å². The van der Waals surface area contributed by atoms with Crippen molar-refractivity contribution in [1.82, 2.24) is 9.97 Å². The summed E-state index contributed by atoms with van der Waals surface area (Å²) in [6.45, 7) is 0. The van der Waals surface area contributed by atoms with E-state index in [1.807, 2.05) is 0 Å². The molecule has 1 N–H and O–H groups in total. The third kappa shape index (κ3) is 2.88. The Hall–Kier alpha value is -2.31. The minimum Gasteiger partial charge on any atom is -0.406 e. The Bertz CT molecular complexity index is 563. The summed E-state index contributed by atoms with van der Waals surface area (Å²) in [5.74, 6) is -0.0474. The molecule has 7 heteroatoms. The topological polar surface area (TPSA) is 55.0 Å². The second-order valence-electron chi connectivity index (χ2n) is 3.38. The van der Waals surface area contributed by atoms with Gasteiger partial charge in [0.15, 0.2) is 6.29 Å². The van der Waals surface area contributed by atoms with Gasteiger partial charge < -0.3 is 9.72 Å². The number of aromatic amines is 1. The normalized spacial score (nSPS) is 11.3. The molecule has 0 aliphatic rings. The molecule has 0 aliphatic carbocycles. The maximum atomic E-state index is 12.0. The highest BCUT2D eigenvalue weighted by atomic mass is 19.4. The predicted octanol–water partition coefficient (Wildman–Crippen LogP) is 2.79. The number of benzene rings is 1. The lowest BCUT2D eigenvalue weighted by atomic mass is 10.2. The summed E-state index contributed by atoms with van der Waals surface area (Å²) >= 11 is 0. The quantitative estimate of drug-likeness (QED) is 0.859. The summed E-state index contributed by atoms with van der Waals surface area (Å²) in [7, 11) is 0. The second kappa shape index (κ2) is 4.52. The fraction of sp³-hybridized carbons (Fsp3) is 0.0909. The first-order chi connectivity index (χ1) is 8.48. The number of ether oxygens (including phenoxy) is 1. The molecule has 0 atom stereocenters. The van der Waals surface area contributed by atoms with Crippen molar-refractivity contribution in [3.63, 3.8) is 0 Å². The first-order valence-electron chi connectivity index (χ1n) is 4.84. The molecular weight excluding hydrogens is 249 g/mol. The third-order valence-corrected chi connectivity index (χ3v) is 2.06. The Morgan fingerprint density at radius 1 is 1.33 bits per heavy atom. The van der Waals surface area contributed by atoms with Crippen LogP contribution in [0, 0.1) is 0 Å². The van der Waals surface area contributed by atoms with Gasteiger partial charge in [-0.05, 0) is 12.1 Å². The molecule has 2 aromatic rings. The van der Waals surface area contributed by atoms with Crippen LogP contribution in [0.5, 0.6) is 5.75 Å². The van der Waals surface area contributed by atoms with Crippen LogP contribution >= 0.6 is 0 Å². The van der Waals surface area contributed by atoms with Gasteiger partial charge in [-0.3, -0.25) is 4.79 Å². The van der Waals surface area contributed by atoms with Crippen LogP contribution in [0.1, 0.15) is 10.5 Å². The number of halogens is 3. The van der Waals surface area contributed by atoms with E-state index in [0.717, 1.165) is 0 Å². The lowest BCUT2D eigenvalue weighted by Crippen LogP contribution is -2.17. The van der Waals surface area contributed by atoms with Gasteiger partial charge in [0.2, 0.25) is 0 Å². The highest BCUT2D eigenvalue weighted by Gasteiger charge is 2.31. The molecule has 0 radical (unpaired) electrons. The molecule has 18 heavy (non-hydrogen) atoms. The van der Waals surface area contributed by atoms with Crippen LogP contribution in [-0.2, 0) is 0 Å². The number of nitrogens with one attached hydrogen (secondary N) is 1. The number of imidazole rings is 1. The summed E-state index contributed by atoms with van der Waals surface area (Å²) in [6.07, 6.45) is -2.89. The SMILES string of the molecule is O=Cc1cnc(-c2cccc(OC(F)(F)F)c2)[nH]1. The number of aldehydes is 1. The molecule has 0 aliphatic heterocycles. The Morgan fingerprint density at radius 2 is 2.11 bits per heavy atom. The highest BCUT2D eigenvalue weighted by Crippen LogP contribution is 2.26. The molecule has 2 rings (SSSR count). The van der Waals surface area contributed by atoms with E-state index in [2.05, 4.69) is 14.7 Å². The predicted molar refractivity (Wildman–Crippen MR) is 56.1 cm³/mol. The number of alkyl halides is 3. The second-order valence-corrected chi connectivity index (χ2v) is 3.38. The average molecular weight is 256 g/mol. The van der Waals surface area contributed by atoms with Crippen molar-refractivity contribution >= 4 is 6.29 Å². The maximum Gasteiger partial charge on any atom is 0.573 e. The minimum atomic E-state index is -4.74. The van der Waals surface area contributed by atoms with Crippen LogP contribution in [0.15, 0.2) is 30.5 Å². The molecule has 0 unspecified atom stereocenters. The Balaban J connectivity index is 2.29. The van der Waals surface area contributed by atoms with E-state index in [4.69, 9.17) is 0 Å². The van der Waals surface area contributed by atoms with Gasteiger partial charge in [-0.1, -0.05) is 12.1 Å². The number of H-pyrrole nitrogens is 1. The molecule has 94 valence electrons. The fourth-order valence-electron chi connectivity index (χ4n) is 1.38. The molecule has 1 aromatic heterocycles. The standard InChI is InChI=1S/C11H7F3N2O2/c12-11(13,14)18-9-3-1-2-7(4-9)10-15-5-8(6-17)16-10/h1-6H,(H,15,16). The monoisotopic (exact) mass is 256 g/mol. The van der Waals surface area contributed by atoms with Crippen LogP contribution in [0.3, 0.4) is 0 Å². The number of hydrogen-bond acceptors (Lipinski definition) is 3. The molecule has 0 bridgehead atoms. The summed E-state index contributed by atoms with van der Waals surface area (Å²) in [4.78, 5) is 17.0. The van der Waals surface area contributed by atoms with Crippen LogP contribution in [-0.4, -0.2) is 22.6 Å². The number of carbonyl (C=O) groups is 1. The first kappa shape index (κ1) is 12.2. The van der Waals surface area contributed by atoms with Crippen molar-refractivity contribution < 1.29 is 22.7 Å². The number of hydrogen-bond donors (Lipinski definition) is 1. The molecule has 0 spiro atoms. The zero-order chi connectivity index (χ0) is 13.2. The molecule has 4 nitrogen and oxygen atoms in total. The van der Waals surface area contributed by atoms with Crippen LogP contribution in [0.2, 0.25) is 0 Å². The maximum absolute atomic E-state index is 12.0. The van der Waals surface area contributed by atoms with Gasteiger partial charge in [0.05, 0.1) is 11.9 Å². The van der Waals surface area contributed by atoms with Gasteiger partial charge in [-0.15, -0.1) is 13.2 Å². The van der Waals surface area contributed by atoms with Gasteiger partial charge >= 0.3 is 6.36 Å². The van der Waals surface area contributed by atoms with Crippen molar-refractivity contribution in [3.8, 4) is 17.1 Å². The number of nitrogens with zero attached hydrogens (tertiary/aromatic N) is 1. The largest absolute Gasteiger partial charge is 0.573 e. The molecule has 0 fully saturated rings. The van der Waals surface area contributed by atoms with E-state index < -0.39 is 6.36 Å². The molecule has 0 saturated heterocycles. The molecule has 1 aromatic carbocycles. The van der Waals surface area contributed by atoms with Crippen molar-refractivity contribution in [2.24, 2.45) is 0 Å². The van der Waals surface area contributed by atoms with E-state index in [1.165, 1.54) is 24.4 Å². The summed E-state index contributed by atoms with van der Waals surface area (Å²) in [5.41, 5.74) is 0.636. The molecule has 0 saturated carbocycles. The smallest absolute Gasteiger partial charge is 0.406 e. The zero-order valence-corrected chi connectivity index (χ0v) is 8.86.